The van der Waals surface area contributed by atoms with Crippen molar-refractivity contribution >= 4 is 23.5 Å². The third kappa shape index (κ3) is 4.50. The fourth-order valence-electron chi connectivity index (χ4n) is 3.34. The Morgan fingerprint density at radius 3 is 2.53 bits per heavy atom. The number of benzene rings is 1. The van der Waals surface area contributed by atoms with E-state index in [0.29, 0.717) is 22.9 Å². The molecule has 160 valence electrons. The molecule has 0 spiro atoms. The quantitative estimate of drug-likeness (QED) is 0.525. The largest absolute Gasteiger partial charge is 0.461 e. The number of urea groups is 1. The molecule has 9 heteroatoms. The van der Waals surface area contributed by atoms with Crippen molar-refractivity contribution in [2.75, 3.05) is 18.5 Å². The summed E-state index contributed by atoms with van der Waals surface area (Å²) in [7, 11) is 0. The highest BCUT2D eigenvalue weighted by Crippen LogP contribution is 2.29. The van der Waals surface area contributed by atoms with E-state index >= 15 is 0 Å². The predicted octanol–water partition coefficient (Wildman–Crippen LogP) is 3.97. The molecular formula is C21H23F2N3O4. The summed E-state index contributed by atoms with van der Waals surface area (Å²) in [6, 6.07) is 2.05. The minimum absolute atomic E-state index is 0.137. The Morgan fingerprint density at radius 1 is 1.23 bits per heavy atom. The first-order chi connectivity index (χ1) is 14.2. The fraction of sp³-hybridized carbons (Fsp3) is 0.381. The molecule has 2 aromatic rings. The summed E-state index contributed by atoms with van der Waals surface area (Å²) in [5.41, 5.74) is 1.31. The number of aromatic nitrogens is 1. The molecule has 0 unspecified atom stereocenters. The number of nitrogens with one attached hydrogen (secondary N) is 2. The minimum atomic E-state index is -0.901. The van der Waals surface area contributed by atoms with E-state index in [1.807, 2.05) is 0 Å². The Morgan fingerprint density at radius 2 is 1.93 bits per heavy atom. The monoisotopic (exact) mass is 419 g/mol. The lowest BCUT2D eigenvalue weighted by molar-refractivity contribution is 0.0519. The number of Topliss-reactive ketones (excluding diaryl/α,β-unsaturated/α-hetero) is 1. The first-order valence-corrected chi connectivity index (χ1v) is 9.65. The molecule has 1 aromatic carbocycles. The van der Waals surface area contributed by atoms with Gasteiger partial charge in [-0.15, -0.1) is 0 Å². The topological polar surface area (TPSA) is 91.5 Å². The summed E-state index contributed by atoms with van der Waals surface area (Å²) in [6.07, 6.45) is 1.46. The molecule has 1 heterocycles. The summed E-state index contributed by atoms with van der Waals surface area (Å²) in [4.78, 5) is 41.9. The number of hydrogen-bond donors (Lipinski definition) is 2. The Labute approximate surface area is 172 Å². The number of rotatable bonds is 7. The van der Waals surface area contributed by atoms with Gasteiger partial charge in [-0.3, -0.25) is 4.79 Å². The fourth-order valence-corrected chi connectivity index (χ4v) is 3.34. The molecule has 2 N–H and O–H groups in total. The van der Waals surface area contributed by atoms with Crippen molar-refractivity contribution in [2.24, 2.45) is 0 Å². The SMILES string of the molecule is CCOC(=O)c1[nH]c(C)c(C(=O)CN(C(=O)Nc2ccc(F)cc2F)C2CC2)c1C. The van der Waals surface area contributed by atoms with E-state index < -0.39 is 23.6 Å². The number of carbonyl (C=O) groups is 3. The maximum Gasteiger partial charge on any atom is 0.355 e. The molecule has 30 heavy (non-hydrogen) atoms. The van der Waals surface area contributed by atoms with E-state index in [-0.39, 0.29) is 36.4 Å². The van der Waals surface area contributed by atoms with Gasteiger partial charge >= 0.3 is 12.0 Å². The molecule has 1 aromatic heterocycles. The zero-order valence-corrected chi connectivity index (χ0v) is 17.0. The highest BCUT2D eigenvalue weighted by molar-refractivity contribution is 6.05. The smallest absolute Gasteiger partial charge is 0.355 e. The normalized spacial score (nSPS) is 13.1. The molecule has 0 atom stereocenters. The number of H-pyrrole nitrogens is 1. The average Bonchev–Trinajstić information content (AvgIpc) is 3.46. The van der Waals surface area contributed by atoms with Crippen LogP contribution in [0.4, 0.5) is 19.3 Å². The maximum atomic E-state index is 13.9. The number of amides is 2. The number of ether oxygens (including phenoxy) is 1. The first kappa shape index (κ1) is 21.5. The third-order valence-electron chi connectivity index (χ3n) is 4.93. The van der Waals surface area contributed by atoms with Crippen molar-refractivity contribution in [3.8, 4) is 0 Å². The summed E-state index contributed by atoms with van der Waals surface area (Å²) >= 11 is 0. The molecule has 3 rings (SSSR count). The second kappa shape index (κ2) is 8.64. The summed E-state index contributed by atoms with van der Waals surface area (Å²) < 4.78 is 32.0. The second-order valence-corrected chi connectivity index (χ2v) is 7.18. The van der Waals surface area contributed by atoms with Crippen molar-refractivity contribution in [3.05, 3.63) is 52.3 Å². The molecule has 0 saturated heterocycles. The number of hydrogen-bond acceptors (Lipinski definition) is 4. The highest BCUT2D eigenvalue weighted by atomic mass is 19.1. The van der Waals surface area contributed by atoms with Crippen LogP contribution in [0.2, 0.25) is 0 Å². The Bertz CT molecular complexity index is 998. The van der Waals surface area contributed by atoms with Crippen LogP contribution in [-0.2, 0) is 4.74 Å². The van der Waals surface area contributed by atoms with Crippen LogP contribution in [0.5, 0.6) is 0 Å². The maximum absolute atomic E-state index is 13.9. The van der Waals surface area contributed by atoms with Crippen molar-refractivity contribution in [1.29, 1.82) is 0 Å². The molecule has 2 amide bonds. The lowest BCUT2D eigenvalue weighted by Crippen LogP contribution is -2.40. The van der Waals surface area contributed by atoms with Crippen molar-refractivity contribution in [3.63, 3.8) is 0 Å². The van der Waals surface area contributed by atoms with Gasteiger partial charge in [0.25, 0.3) is 0 Å². The molecule has 0 bridgehead atoms. The Balaban J connectivity index is 1.78. The molecule has 1 aliphatic rings. The van der Waals surface area contributed by atoms with Gasteiger partial charge in [0, 0.05) is 23.4 Å². The second-order valence-electron chi connectivity index (χ2n) is 7.18. The number of halogens is 2. The molecule has 1 aliphatic carbocycles. The van der Waals surface area contributed by atoms with E-state index in [0.717, 1.165) is 25.0 Å². The first-order valence-electron chi connectivity index (χ1n) is 9.65. The summed E-state index contributed by atoms with van der Waals surface area (Å²) in [6.45, 7) is 4.96. The van der Waals surface area contributed by atoms with Crippen LogP contribution in [0.15, 0.2) is 18.2 Å². The van der Waals surface area contributed by atoms with Crippen LogP contribution in [0.1, 0.15) is 51.9 Å². The van der Waals surface area contributed by atoms with E-state index in [4.69, 9.17) is 4.74 Å². The van der Waals surface area contributed by atoms with Gasteiger partial charge in [0.2, 0.25) is 0 Å². The van der Waals surface area contributed by atoms with Crippen LogP contribution in [0.3, 0.4) is 0 Å². The van der Waals surface area contributed by atoms with Crippen molar-refractivity contribution in [1.82, 2.24) is 9.88 Å². The van der Waals surface area contributed by atoms with Crippen LogP contribution in [-0.4, -0.2) is 46.9 Å². The molecular weight excluding hydrogens is 396 g/mol. The van der Waals surface area contributed by atoms with Gasteiger partial charge in [-0.1, -0.05) is 0 Å². The minimum Gasteiger partial charge on any atom is -0.461 e. The zero-order chi connectivity index (χ0) is 22.0. The number of ketones is 1. The van der Waals surface area contributed by atoms with Gasteiger partial charge in [-0.25, -0.2) is 18.4 Å². The molecule has 0 radical (unpaired) electrons. The van der Waals surface area contributed by atoms with E-state index in [1.165, 1.54) is 4.90 Å². The molecule has 1 saturated carbocycles. The van der Waals surface area contributed by atoms with Gasteiger partial charge in [0.05, 0.1) is 18.8 Å². The number of carbonyl (C=O) groups excluding carboxylic acids is 3. The van der Waals surface area contributed by atoms with Crippen LogP contribution in [0.25, 0.3) is 0 Å². The standard InChI is InChI=1S/C21H23F2N3O4/c1-4-30-20(28)19-11(2)18(12(3)24-19)17(27)10-26(14-6-7-14)21(29)25-16-8-5-13(22)9-15(16)23/h5,8-9,14,24H,4,6-7,10H2,1-3H3,(H,25,29). The number of nitrogens with zero attached hydrogens (tertiary/aromatic N) is 1. The van der Waals surface area contributed by atoms with Crippen LogP contribution < -0.4 is 5.32 Å². The number of esters is 1. The van der Waals surface area contributed by atoms with Crippen molar-refractivity contribution < 1.29 is 27.9 Å². The molecule has 0 aliphatic heterocycles. The van der Waals surface area contributed by atoms with Gasteiger partial charge in [-0.2, -0.15) is 0 Å². The van der Waals surface area contributed by atoms with Crippen LogP contribution in [0, 0.1) is 25.5 Å². The number of aromatic amines is 1. The van der Waals surface area contributed by atoms with E-state index in [2.05, 4.69) is 10.3 Å². The predicted molar refractivity (Wildman–Crippen MR) is 106 cm³/mol. The van der Waals surface area contributed by atoms with Gasteiger partial charge in [-0.05, 0) is 51.3 Å². The lowest BCUT2D eigenvalue weighted by Gasteiger charge is -2.22. The molecule has 1 fully saturated rings. The van der Waals surface area contributed by atoms with Crippen LogP contribution >= 0.6 is 0 Å². The van der Waals surface area contributed by atoms with Gasteiger partial charge in [0.15, 0.2) is 5.78 Å². The zero-order valence-electron chi connectivity index (χ0n) is 17.0. The number of anilines is 1. The Hall–Kier alpha value is -3.23. The molecule has 7 nitrogen and oxygen atoms in total. The van der Waals surface area contributed by atoms with Crippen molar-refractivity contribution in [2.45, 2.75) is 39.7 Å². The summed E-state index contributed by atoms with van der Waals surface area (Å²) in [5, 5.41) is 2.40. The lowest BCUT2D eigenvalue weighted by atomic mass is 10.1. The van der Waals surface area contributed by atoms with E-state index in [9.17, 15) is 23.2 Å². The number of aryl methyl sites for hydroxylation is 1. The van der Waals surface area contributed by atoms with Gasteiger partial charge < -0.3 is 19.9 Å². The van der Waals surface area contributed by atoms with Gasteiger partial charge in [0.1, 0.15) is 17.3 Å². The highest BCUT2D eigenvalue weighted by Gasteiger charge is 2.35. The third-order valence-corrected chi connectivity index (χ3v) is 4.93. The Kier molecular flexibility index (Phi) is 6.19. The van der Waals surface area contributed by atoms with E-state index in [1.54, 1.807) is 20.8 Å². The average molecular weight is 419 g/mol. The summed E-state index contributed by atoms with van der Waals surface area (Å²) in [5.74, 6) is -2.56.